The van der Waals surface area contributed by atoms with Crippen molar-refractivity contribution >= 4 is 27.5 Å². The van der Waals surface area contributed by atoms with Gasteiger partial charge >= 0.3 is 0 Å². The fourth-order valence-corrected chi connectivity index (χ4v) is 2.95. The van der Waals surface area contributed by atoms with Crippen molar-refractivity contribution < 1.29 is 8.78 Å². The lowest BCUT2D eigenvalue weighted by Gasteiger charge is -2.20. The second-order valence-electron chi connectivity index (χ2n) is 4.37. The van der Waals surface area contributed by atoms with Crippen molar-refractivity contribution in [3.8, 4) is 0 Å². The van der Waals surface area contributed by atoms with Gasteiger partial charge in [-0.05, 0) is 48.0 Å². The molecular weight excluding hydrogens is 348 g/mol. The molecule has 0 fully saturated rings. The van der Waals surface area contributed by atoms with Crippen LogP contribution in [0.1, 0.15) is 24.1 Å². The molecule has 5 heteroatoms. The quantitative estimate of drug-likeness (QED) is 0.802. The highest BCUT2D eigenvalue weighted by atomic mass is 79.9. The third-order valence-corrected chi connectivity index (χ3v) is 3.58. The van der Waals surface area contributed by atoms with Crippen LogP contribution >= 0.6 is 27.5 Å². The number of hydrogen-bond donors (Lipinski definition) is 1. The number of benzene rings is 2. The number of hydrogen-bond acceptors (Lipinski definition) is 1. The first kappa shape index (κ1) is 15.4. The minimum Gasteiger partial charge on any atom is -0.307 e. The predicted molar refractivity (Wildman–Crippen MR) is 81.0 cm³/mol. The summed E-state index contributed by atoms with van der Waals surface area (Å²) in [7, 11) is 0. The van der Waals surface area contributed by atoms with Crippen molar-refractivity contribution in [3.63, 3.8) is 0 Å². The van der Waals surface area contributed by atoms with Crippen molar-refractivity contribution in [1.82, 2.24) is 5.32 Å². The zero-order valence-electron chi connectivity index (χ0n) is 10.8. The van der Waals surface area contributed by atoms with Crippen LogP contribution in [0.25, 0.3) is 0 Å². The van der Waals surface area contributed by atoms with Crippen molar-refractivity contribution in [2.24, 2.45) is 0 Å². The van der Waals surface area contributed by atoms with Gasteiger partial charge in [-0.1, -0.05) is 40.5 Å². The third kappa shape index (κ3) is 3.57. The number of halogens is 4. The molecule has 0 amide bonds. The van der Waals surface area contributed by atoms with Gasteiger partial charge in [-0.15, -0.1) is 0 Å². The second-order valence-corrected chi connectivity index (χ2v) is 5.72. The fourth-order valence-electron chi connectivity index (χ4n) is 2.07. The Kier molecular flexibility index (Phi) is 5.13. The Morgan fingerprint density at radius 2 is 1.85 bits per heavy atom. The SMILES string of the molecule is CCNC(c1cc(Cl)cc(Br)c1)c1ccc(F)c(F)c1. The summed E-state index contributed by atoms with van der Waals surface area (Å²) < 4.78 is 27.3. The van der Waals surface area contributed by atoms with Crippen LogP contribution in [0.3, 0.4) is 0 Å². The monoisotopic (exact) mass is 359 g/mol. The minimum absolute atomic E-state index is 0.245. The molecule has 0 heterocycles. The summed E-state index contributed by atoms with van der Waals surface area (Å²) >= 11 is 9.43. The van der Waals surface area contributed by atoms with E-state index in [1.54, 1.807) is 18.2 Å². The molecule has 1 unspecified atom stereocenters. The fraction of sp³-hybridized carbons (Fsp3) is 0.200. The molecule has 0 bridgehead atoms. The molecule has 0 aliphatic carbocycles. The topological polar surface area (TPSA) is 12.0 Å². The van der Waals surface area contributed by atoms with Crippen LogP contribution in [0.5, 0.6) is 0 Å². The van der Waals surface area contributed by atoms with Gasteiger partial charge in [0.25, 0.3) is 0 Å². The van der Waals surface area contributed by atoms with E-state index in [0.717, 1.165) is 16.1 Å². The van der Waals surface area contributed by atoms with Crippen molar-refractivity contribution in [2.45, 2.75) is 13.0 Å². The molecule has 20 heavy (non-hydrogen) atoms. The highest BCUT2D eigenvalue weighted by Crippen LogP contribution is 2.28. The summed E-state index contributed by atoms with van der Waals surface area (Å²) in [6, 6.07) is 9.15. The smallest absolute Gasteiger partial charge is 0.159 e. The summed E-state index contributed by atoms with van der Waals surface area (Å²) in [5.41, 5.74) is 1.54. The Bertz CT molecular complexity index is 599. The second kappa shape index (κ2) is 6.66. The molecule has 2 aromatic rings. The normalized spacial score (nSPS) is 12.4. The first-order valence-corrected chi connectivity index (χ1v) is 7.32. The van der Waals surface area contributed by atoms with E-state index >= 15 is 0 Å². The first-order valence-electron chi connectivity index (χ1n) is 6.15. The summed E-state index contributed by atoms with van der Waals surface area (Å²) in [6.07, 6.45) is 0. The molecule has 1 atom stereocenters. The van der Waals surface area contributed by atoms with E-state index in [4.69, 9.17) is 11.6 Å². The van der Waals surface area contributed by atoms with Crippen LogP contribution in [0.2, 0.25) is 5.02 Å². The Balaban J connectivity index is 2.46. The third-order valence-electron chi connectivity index (χ3n) is 2.90. The molecule has 0 saturated heterocycles. The van der Waals surface area contributed by atoms with Gasteiger partial charge in [-0.25, -0.2) is 8.78 Å². The molecule has 0 aromatic heterocycles. The van der Waals surface area contributed by atoms with Gasteiger partial charge in [-0.3, -0.25) is 0 Å². The maximum Gasteiger partial charge on any atom is 0.159 e. The Morgan fingerprint density at radius 1 is 1.10 bits per heavy atom. The van der Waals surface area contributed by atoms with Crippen molar-refractivity contribution in [3.05, 3.63) is 68.7 Å². The maximum absolute atomic E-state index is 13.4. The summed E-state index contributed by atoms with van der Waals surface area (Å²) in [6.45, 7) is 2.64. The molecule has 1 nitrogen and oxygen atoms in total. The summed E-state index contributed by atoms with van der Waals surface area (Å²) in [4.78, 5) is 0. The van der Waals surface area contributed by atoms with Gasteiger partial charge in [0.15, 0.2) is 11.6 Å². The molecule has 2 aromatic carbocycles. The zero-order valence-corrected chi connectivity index (χ0v) is 13.1. The summed E-state index contributed by atoms with van der Waals surface area (Å²) in [5.74, 6) is -1.71. The summed E-state index contributed by atoms with van der Waals surface area (Å²) in [5, 5.41) is 3.83. The van der Waals surface area contributed by atoms with Crippen LogP contribution < -0.4 is 5.32 Å². The van der Waals surface area contributed by atoms with Crippen LogP contribution in [-0.2, 0) is 0 Å². The molecule has 2 rings (SSSR count). The lowest BCUT2D eigenvalue weighted by Crippen LogP contribution is -2.22. The molecule has 0 aliphatic rings. The van der Waals surface area contributed by atoms with Crippen LogP contribution in [-0.4, -0.2) is 6.54 Å². The number of rotatable bonds is 4. The van der Waals surface area contributed by atoms with Gasteiger partial charge < -0.3 is 5.32 Å². The standard InChI is InChI=1S/C15H13BrClF2N/c1-2-20-15(9-3-4-13(18)14(19)7-9)10-5-11(16)8-12(17)6-10/h3-8,15,20H,2H2,1H3. The average molecular weight is 361 g/mol. The van der Waals surface area contributed by atoms with E-state index in [2.05, 4.69) is 21.2 Å². The van der Waals surface area contributed by atoms with Gasteiger partial charge in [0.2, 0.25) is 0 Å². The Morgan fingerprint density at radius 3 is 2.45 bits per heavy atom. The van der Waals surface area contributed by atoms with Gasteiger partial charge in [-0.2, -0.15) is 0 Å². The first-order chi connectivity index (χ1) is 9.51. The van der Waals surface area contributed by atoms with Crippen LogP contribution in [0.4, 0.5) is 8.78 Å². The van der Waals surface area contributed by atoms with Crippen molar-refractivity contribution in [2.75, 3.05) is 6.54 Å². The highest BCUT2D eigenvalue weighted by Gasteiger charge is 2.16. The molecular formula is C15H13BrClF2N. The molecule has 0 spiro atoms. The van der Waals surface area contributed by atoms with Crippen LogP contribution in [0, 0.1) is 11.6 Å². The maximum atomic E-state index is 13.4. The van der Waals surface area contributed by atoms with Crippen molar-refractivity contribution in [1.29, 1.82) is 0 Å². The van der Waals surface area contributed by atoms with E-state index in [1.807, 2.05) is 13.0 Å². The van der Waals surface area contributed by atoms with Gasteiger partial charge in [0.05, 0.1) is 6.04 Å². The van der Waals surface area contributed by atoms with Crippen LogP contribution in [0.15, 0.2) is 40.9 Å². The van der Waals surface area contributed by atoms with E-state index < -0.39 is 11.6 Å². The molecule has 0 radical (unpaired) electrons. The highest BCUT2D eigenvalue weighted by molar-refractivity contribution is 9.10. The molecule has 0 aliphatic heterocycles. The van der Waals surface area contributed by atoms with Gasteiger partial charge in [0, 0.05) is 9.50 Å². The molecule has 1 N–H and O–H groups in total. The predicted octanol–water partition coefficient (Wildman–Crippen LogP) is 5.08. The van der Waals surface area contributed by atoms with E-state index in [9.17, 15) is 8.78 Å². The molecule has 106 valence electrons. The minimum atomic E-state index is -0.855. The Hall–Kier alpha value is -0.970. The number of nitrogens with one attached hydrogen (secondary N) is 1. The molecule has 0 saturated carbocycles. The van der Waals surface area contributed by atoms with E-state index in [0.29, 0.717) is 17.1 Å². The lowest BCUT2D eigenvalue weighted by atomic mass is 9.98. The Labute approximate surface area is 130 Å². The van der Waals surface area contributed by atoms with Gasteiger partial charge in [0.1, 0.15) is 0 Å². The largest absolute Gasteiger partial charge is 0.307 e. The zero-order chi connectivity index (χ0) is 14.7. The lowest BCUT2D eigenvalue weighted by molar-refractivity contribution is 0.504. The average Bonchev–Trinajstić information content (AvgIpc) is 2.38. The van der Waals surface area contributed by atoms with E-state index in [-0.39, 0.29) is 6.04 Å². The van der Waals surface area contributed by atoms with E-state index in [1.165, 1.54) is 6.07 Å².